The summed E-state index contributed by atoms with van der Waals surface area (Å²) in [4.78, 5) is 1.62. The molecule has 0 radical (unpaired) electrons. The molecular formula is C13H25F3N2. The molecule has 18 heavy (non-hydrogen) atoms. The highest BCUT2D eigenvalue weighted by atomic mass is 19.4. The Hall–Kier alpha value is -0.290. The molecule has 1 rings (SSSR count). The Kier molecular flexibility index (Phi) is 5.92. The lowest BCUT2D eigenvalue weighted by molar-refractivity contribution is -0.158. The van der Waals surface area contributed by atoms with Gasteiger partial charge in [0.25, 0.3) is 0 Å². The highest BCUT2D eigenvalue weighted by Gasteiger charge is 2.38. The predicted molar refractivity (Wildman–Crippen MR) is 67.6 cm³/mol. The maximum absolute atomic E-state index is 12.7. The maximum atomic E-state index is 12.7. The fourth-order valence-electron chi connectivity index (χ4n) is 2.90. The molecule has 0 aromatic rings. The monoisotopic (exact) mass is 266 g/mol. The molecule has 0 aliphatic heterocycles. The van der Waals surface area contributed by atoms with Gasteiger partial charge in [0.2, 0.25) is 0 Å². The van der Waals surface area contributed by atoms with Crippen molar-refractivity contribution < 1.29 is 13.2 Å². The molecule has 1 fully saturated rings. The minimum atomic E-state index is -4.11. The van der Waals surface area contributed by atoms with Crippen molar-refractivity contribution in [2.24, 2.45) is 0 Å². The van der Waals surface area contributed by atoms with Crippen molar-refractivity contribution in [2.45, 2.75) is 70.8 Å². The average molecular weight is 266 g/mol. The van der Waals surface area contributed by atoms with Crippen molar-refractivity contribution in [1.82, 2.24) is 10.2 Å². The van der Waals surface area contributed by atoms with Crippen LogP contribution in [-0.2, 0) is 0 Å². The fourth-order valence-corrected chi connectivity index (χ4v) is 2.90. The topological polar surface area (TPSA) is 15.3 Å². The normalized spacial score (nSPS) is 26.0. The summed E-state index contributed by atoms with van der Waals surface area (Å²) in [5, 5.41) is 3.35. The number of rotatable bonds is 5. The van der Waals surface area contributed by atoms with Gasteiger partial charge in [0.1, 0.15) is 0 Å². The Morgan fingerprint density at radius 2 is 1.83 bits per heavy atom. The molecular weight excluding hydrogens is 241 g/mol. The van der Waals surface area contributed by atoms with E-state index >= 15 is 0 Å². The Balaban J connectivity index is 2.75. The van der Waals surface area contributed by atoms with Crippen LogP contribution in [0, 0.1) is 0 Å². The van der Waals surface area contributed by atoms with Gasteiger partial charge in [0, 0.05) is 18.1 Å². The van der Waals surface area contributed by atoms with Crippen LogP contribution in [0.2, 0.25) is 0 Å². The quantitative estimate of drug-likeness (QED) is 0.822. The van der Waals surface area contributed by atoms with E-state index in [2.05, 4.69) is 5.32 Å². The molecule has 0 aromatic carbocycles. The van der Waals surface area contributed by atoms with Gasteiger partial charge in [0.15, 0.2) is 0 Å². The van der Waals surface area contributed by atoms with Crippen LogP contribution in [0.25, 0.3) is 0 Å². The molecule has 2 atom stereocenters. The summed E-state index contributed by atoms with van der Waals surface area (Å²) in [7, 11) is 0. The second-order valence-corrected chi connectivity index (χ2v) is 5.40. The largest absolute Gasteiger partial charge is 0.401 e. The van der Waals surface area contributed by atoms with Crippen molar-refractivity contribution in [3.05, 3.63) is 0 Å². The first-order valence-corrected chi connectivity index (χ1v) is 6.91. The van der Waals surface area contributed by atoms with Gasteiger partial charge < -0.3 is 5.32 Å². The molecule has 108 valence electrons. The third-order valence-electron chi connectivity index (χ3n) is 3.65. The summed E-state index contributed by atoms with van der Waals surface area (Å²) in [5.74, 6) is 0. The minimum absolute atomic E-state index is 0.0142. The van der Waals surface area contributed by atoms with Crippen LogP contribution in [0.15, 0.2) is 0 Å². The molecule has 2 nitrogen and oxygen atoms in total. The first-order valence-electron chi connectivity index (χ1n) is 6.91. The van der Waals surface area contributed by atoms with Gasteiger partial charge in [0.05, 0.1) is 6.54 Å². The Morgan fingerprint density at radius 3 is 2.33 bits per heavy atom. The highest BCUT2D eigenvalue weighted by molar-refractivity contribution is 4.90. The zero-order valence-corrected chi connectivity index (χ0v) is 11.6. The van der Waals surface area contributed by atoms with Crippen LogP contribution in [0.3, 0.4) is 0 Å². The van der Waals surface area contributed by atoms with E-state index in [0.717, 1.165) is 32.2 Å². The van der Waals surface area contributed by atoms with E-state index in [4.69, 9.17) is 0 Å². The Bertz CT molecular complexity index is 239. The van der Waals surface area contributed by atoms with Crippen LogP contribution in [-0.4, -0.2) is 42.3 Å². The summed E-state index contributed by atoms with van der Waals surface area (Å²) in [6, 6.07) is 0.143. The predicted octanol–water partition coefficient (Wildman–Crippen LogP) is 3.18. The van der Waals surface area contributed by atoms with Crippen molar-refractivity contribution in [3.63, 3.8) is 0 Å². The Labute approximate surface area is 108 Å². The van der Waals surface area contributed by atoms with Crippen LogP contribution >= 0.6 is 0 Å². The standard InChI is InChI=1S/C13H25F3N2/c1-4-17-11-7-5-6-8-12(11)18(10(2)3)9-13(14,15)16/h10-12,17H,4-9H2,1-3H3. The molecule has 1 saturated carbocycles. The molecule has 0 aromatic heterocycles. The van der Waals surface area contributed by atoms with E-state index < -0.39 is 12.7 Å². The molecule has 0 amide bonds. The van der Waals surface area contributed by atoms with Crippen LogP contribution < -0.4 is 5.32 Å². The second kappa shape index (κ2) is 6.75. The van der Waals surface area contributed by atoms with Gasteiger partial charge in [-0.05, 0) is 33.2 Å². The van der Waals surface area contributed by atoms with Crippen molar-refractivity contribution in [2.75, 3.05) is 13.1 Å². The van der Waals surface area contributed by atoms with E-state index in [1.807, 2.05) is 20.8 Å². The van der Waals surface area contributed by atoms with E-state index in [1.54, 1.807) is 4.90 Å². The lowest BCUT2D eigenvalue weighted by Gasteiger charge is -2.42. The van der Waals surface area contributed by atoms with Gasteiger partial charge in [-0.25, -0.2) is 0 Å². The van der Waals surface area contributed by atoms with E-state index in [1.165, 1.54) is 0 Å². The number of halogens is 3. The first kappa shape index (κ1) is 15.8. The van der Waals surface area contributed by atoms with Crippen molar-refractivity contribution in [3.8, 4) is 0 Å². The number of alkyl halides is 3. The zero-order chi connectivity index (χ0) is 13.8. The molecule has 2 unspecified atom stereocenters. The van der Waals surface area contributed by atoms with E-state index in [-0.39, 0.29) is 18.1 Å². The SMILES string of the molecule is CCNC1CCCCC1N(CC(F)(F)F)C(C)C. The minimum Gasteiger partial charge on any atom is -0.313 e. The molecule has 0 spiro atoms. The van der Waals surface area contributed by atoms with Crippen LogP contribution in [0.4, 0.5) is 13.2 Å². The van der Waals surface area contributed by atoms with Gasteiger partial charge in [-0.2, -0.15) is 13.2 Å². The summed E-state index contributed by atoms with van der Waals surface area (Å²) in [6.07, 6.45) is -0.107. The van der Waals surface area contributed by atoms with Gasteiger partial charge in [-0.1, -0.05) is 19.8 Å². The number of nitrogens with zero attached hydrogens (tertiary/aromatic N) is 1. The maximum Gasteiger partial charge on any atom is 0.401 e. The second-order valence-electron chi connectivity index (χ2n) is 5.40. The molecule has 1 aliphatic rings. The lowest BCUT2D eigenvalue weighted by atomic mass is 9.88. The van der Waals surface area contributed by atoms with E-state index in [9.17, 15) is 13.2 Å². The highest BCUT2D eigenvalue weighted by Crippen LogP contribution is 2.28. The van der Waals surface area contributed by atoms with E-state index in [0.29, 0.717) is 0 Å². The summed E-state index contributed by atoms with van der Waals surface area (Å²) < 4.78 is 38.0. The zero-order valence-electron chi connectivity index (χ0n) is 11.6. The smallest absolute Gasteiger partial charge is 0.313 e. The van der Waals surface area contributed by atoms with Crippen molar-refractivity contribution >= 4 is 0 Å². The Morgan fingerprint density at radius 1 is 1.22 bits per heavy atom. The number of nitrogens with one attached hydrogen (secondary N) is 1. The van der Waals surface area contributed by atoms with Crippen LogP contribution in [0.5, 0.6) is 0 Å². The molecule has 0 bridgehead atoms. The van der Waals surface area contributed by atoms with Gasteiger partial charge >= 0.3 is 6.18 Å². The van der Waals surface area contributed by atoms with Crippen LogP contribution in [0.1, 0.15) is 46.5 Å². The summed E-state index contributed by atoms with van der Waals surface area (Å²) in [5.41, 5.74) is 0. The van der Waals surface area contributed by atoms with Gasteiger partial charge in [-0.3, -0.25) is 4.90 Å². The molecule has 0 heterocycles. The summed E-state index contributed by atoms with van der Waals surface area (Å²) in [6.45, 7) is 5.73. The molecule has 1 aliphatic carbocycles. The average Bonchev–Trinajstić information content (AvgIpc) is 2.26. The van der Waals surface area contributed by atoms with Crippen molar-refractivity contribution in [1.29, 1.82) is 0 Å². The molecule has 1 N–H and O–H groups in total. The fraction of sp³-hybridized carbons (Fsp3) is 1.00. The number of hydrogen-bond donors (Lipinski definition) is 1. The number of likely N-dealkylation sites (N-methyl/N-ethyl adjacent to an activating group) is 1. The molecule has 5 heteroatoms. The first-order chi connectivity index (χ1) is 8.35. The third kappa shape index (κ3) is 4.76. The summed E-state index contributed by atoms with van der Waals surface area (Å²) >= 11 is 0. The third-order valence-corrected chi connectivity index (χ3v) is 3.65. The number of hydrogen-bond acceptors (Lipinski definition) is 2. The lowest BCUT2D eigenvalue weighted by Crippen LogP contribution is -2.56. The van der Waals surface area contributed by atoms with Gasteiger partial charge in [-0.15, -0.1) is 0 Å². The molecule has 0 saturated heterocycles.